The van der Waals surface area contributed by atoms with E-state index in [1.165, 1.54) is 6.92 Å². The first-order valence-electron chi connectivity index (χ1n) is 4.59. The molecule has 1 aromatic carbocycles. The SMILES string of the molecule is CC(=O)c1ccccc1-n1cc(N)cn1. The number of nitrogens with zero attached hydrogens (tertiary/aromatic N) is 2. The number of benzene rings is 1. The highest BCUT2D eigenvalue weighted by Crippen LogP contribution is 2.15. The van der Waals surface area contributed by atoms with Crippen LogP contribution in [0.4, 0.5) is 5.69 Å². The summed E-state index contributed by atoms with van der Waals surface area (Å²) in [5.41, 5.74) is 7.54. The molecule has 0 amide bonds. The van der Waals surface area contributed by atoms with E-state index in [-0.39, 0.29) is 5.78 Å². The third kappa shape index (κ3) is 1.74. The molecule has 2 N–H and O–H groups in total. The lowest BCUT2D eigenvalue weighted by molar-refractivity contribution is 0.101. The molecule has 4 nitrogen and oxygen atoms in total. The fourth-order valence-corrected chi connectivity index (χ4v) is 1.44. The number of Topliss-reactive ketones (excluding diaryl/α,β-unsaturated/α-hetero) is 1. The number of carbonyl (C=O) groups is 1. The first-order valence-corrected chi connectivity index (χ1v) is 4.59. The van der Waals surface area contributed by atoms with Gasteiger partial charge in [-0.15, -0.1) is 0 Å². The Hall–Kier alpha value is -2.10. The minimum absolute atomic E-state index is 0.0136. The Morgan fingerprint density at radius 1 is 1.40 bits per heavy atom. The van der Waals surface area contributed by atoms with Crippen LogP contribution in [0.15, 0.2) is 36.7 Å². The molecule has 0 saturated carbocycles. The molecule has 1 aromatic heterocycles. The topological polar surface area (TPSA) is 60.9 Å². The van der Waals surface area contributed by atoms with E-state index < -0.39 is 0 Å². The number of hydrogen-bond acceptors (Lipinski definition) is 3. The zero-order chi connectivity index (χ0) is 10.8. The summed E-state index contributed by atoms with van der Waals surface area (Å²) in [6.45, 7) is 1.53. The molecule has 0 unspecified atom stereocenters. The standard InChI is InChI=1S/C11H11N3O/c1-8(15)10-4-2-3-5-11(10)14-7-9(12)6-13-14/h2-7H,12H2,1H3. The van der Waals surface area contributed by atoms with Crippen molar-refractivity contribution in [3.8, 4) is 5.69 Å². The lowest BCUT2D eigenvalue weighted by Gasteiger charge is -2.05. The number of carbonyl (C=O) groups excluding carboxylic acids is 1. The molecule has 0 radical (unpaired) electrons. The van der Waals surface area contributed by atoms with Crippen molar-refractivity contribution in [1.82, 2.24) is 9.78 Å². The van der Waals surface area contributed by atoms with E-state index in [2.05, 4.69) is 5.10 Å². The van der Waals surface area contributed by atoms with E-state index in [4.69, 9.17) is 5.73 Å². The van der Waals surface area contributed by atoms with Crippen molar-refractivity contribution in [3.63, 3.8) is 0 Å². The summed E-state index contributed by atoms with van der Waals surface area (Å²) in [7, 11) is 0. The number of hydrogen-bond donors (Lipinski definition) is 1. The molecule has 0 spiro atoms. The van der Waals surface area contributed by atoms with Crippen LogP contribution in [0.5, 0.6) is 0 Å². The Kier molecular flexibility index (Phi) is 2.25. The predicted octanol–water partition coefficient (Wildman–Crippen LogP) is 1.66. The molecule has 0 fully saturated rings. The number of ketones is 1. The van der Waals surface area contributed by atoms with Gasteiger partial charge in [-0.2, -0.15) is 5.10 Å². The van der Waals surface area contributed by atoms with Gasteiger partial charge in [-0.05, 0) is 19.1 Å². The number of para-hydroxylation sites is 1. The number of aromatic nitrogens is 2. The van der Waals surface area contributed by atoms with Gasteiger partial charge in [-0.25, -0.2) is 4.68 Å². The van der Waals surface area contributed by atoms with Gasteiger partial charge in [-0.3, -0.25) is 4.79 Å². The van der Waals surface area contributed by atoms with Gasteiger partial charge in [0.15, 0.2) is 5.78 Å². The first kappa shape index (κ1) is 9.45. The fourth-order valence-electron chi connectivity index (χ4n) is 1.44. The molecule has 2 aromatic rings. The second-order valence-electron chi connectivity index (χ2n) is 3.29. The Morgan fingerprint density at radius 2 is 2.13 bits per heavy atom. The summed E-state index contributed by atoms with van der Waals surface area (Å²) in [6, 6.07) is 7.30. The maximum atomic E-state index is 11.4. The van der Waals surface area contributed by atoms with Crippen molar-refractivity contribution in [1.29, 1.82) is 0 Å². The molecule has 2 rings (SSSR count). The van der Waals surface area contributed by atoms with Crippen LogP contribution in [0.2, 0.25) is 0 Å². The highest BCUT2D eigenvalue weighted by Gasteiger charge is 2.08. The highest BCUT2D eigenvalue weighted by molar-refractivity contribution is 5.97. The monoisotopic (exact) mass is 201 g/mol. The molecule has 0 saturated heterocycles. The maximum absolute atomic E-state index is 11.4. The van der Waals surface area contributed by atoms with E-state index in [1.54, 1.807) is 23.1 Å². The van der Waals surface area contributed by atoms with Crippen LogP contribution in [-0.4, -0.2) is 15.6 Å². The van der Waals surface area contributed by atoms with Gasteiger partial charge in [0.2, 0.25) is 0 Å². The summed E-state index contributed by atoms with van der Waals surface area (Å²) < 4.78 is 1.60. The van der Waals surface area contributed by atoms with E-state index in [1.807, 2.05) is 18.2 Å². The molecular weight excluding hydrogens is 190 g/mol. The molecule has 4 heteroatoms. The van der Waals surface area contributed by atoms with Crippen LogP contribution in [0.3, 0.4) is 0 Å². The highest BCUT2D eigenvalue weighted by atomic mass is 16.1. The average molecular weight is 201 g/mol. The maximum Gasteiger partial charge on any atom is 0.161 e. The van der Waals surface area contributed by atoms with Crippen LogP contribution in [-0.2, 0) is 0 Å². The van der Waals surface area contributed by atoms with Crippen molar-refractivity contribution < 1.29 is 4.79 Å². The normalized spacial score (nSPS) is 10.2. The fraction of sp³-hybridized carbons (Fsp3) is 0.0909. The molecule has 0 aliphatic heterocycles. The molecular formula is C11H11N3O. The number of nitrogens with two attached hydrogens (primary N) is 1. The van der Waals surface area contributed by atoms with E-state index in [0.29, 0.717) is 11.3 Å². The lowest BCUT2D eigenvalue weighted by Crippen LogP contribution is -2.03. The summed E-state index contributed by atoms with van der Waals surface area (Å²) in [5, 5.41) is 4.07. The van der Waals surface area contributed by atoms with Crippen molar-refractivity contribution >= 4 is 11.5 Å². The third-order valence-corrected chi connectivity index (χ3v) is 2.13. The molecule has 0 bridgehead atoms. The van der Waals surface area contributed by atoms with Crippen molar-refractivity contribution in [2.75, 3.05) is 5.73 Å². The van der Waals surface area contributed by atoms with Crippen LogP contribution >= 0.6 is 0 Å². The molecule has 0 aliphatic rings. The van der Waals surface area contributed by atoms with Gasteiger partial charge in [0, 0.05) is 5.56 Å². The van der Waals surface area contributed by atoms with Crippen molar-refractivity contribution in [2.45, 2.75) is 6.92 Å². The minimum atomic E-state index is 0.0136. The molecule has 15 heavy (non-hydrogen) atoms. The van der Waals surface area contributed by atoms with Gasteiger partial charge in [0.25, 0.3) is 0 Å². The number of anilines is 1. The number of nitrogen functional groups attached to an aromatic ring is 1. The predicted molar refractivity (Wildman–Crippen MR) is 58.0 cm³/mol. The summed E-state index contributed by atoms with van der Waals surface area (Å²) in [6.07, 6.45) is 3.23. The second kappa shape index (κ2) is 3.57. The van der Waals surface area contributed by atoms with Gasteiger partial charge in [0.05, 0.1) is 23.8 Å². The quantitative estimate of drug-likeness (QED) is 0.751. The zero-order valence-corrected chi connectivity index (χ0v) is 8.34. The molecule has 1 heterocycles. The average Bonchev–Trinajstić information content (AvgIpc) is 2.65. The van der Waals surface area contributed by atoms with Crippen molar-refractivity contribution in [2.24, 2.45) is 0 Å². The Bertz CT molecular complexity index is 502. The van der Waals surface area contributed by atoms with Gasteiger partial charge in [-0.1, -0.05) is 12.1 Å². The van der Waals surface area contributed by atoms with Crippen LogP contribution in [0.25, 0.3) is 5.69 Å². The minimum Gasteiger partial charge on any atom is -0.396 e. The Balaban J connectivity index is 2.57. The number of rotatable bonds is 2. The Morgan fingerprint density at radius 3 is 2.73 bits per heavy atom. The van der Waals surface area contributed by atoms with Crippen LogP contribution in [0, 0.1) is 0 Å². The molecule has 0 aliphatic carbocycles. The Labute approximate surface area is 87.3 Å². The van der Waals surface area contributed by atoms with Crippen molar-refractivity contribution in [3.05, 3.63) is 42.2 Å². The zero-order valence-electron chi connectivity index (χ0n) is 8.34. The van der Waals surface area contributed by atoms with E-state index in [0.717, 1.165) is 5.69 Å². The smallest absolute Gasteiger partial charge is 0.161 e. The van der Waals surface area contributed by atoms with Crippen LogP contribution in [0.1, 0.15) is 17.3 Å². The first-order chi connectivity index (χ1) is 7.18. The summed E-state index contributed by atoms with van der Waals surface area (Å²) in [5.74, 6) is 0.0136. The van der Waals surface area contributed by atoms with Gasteiger partial charge >= 0.3 is 0 Å². The lowest BCUT2D eigenvalue weighted by atomic mass is 10.1. The second-order valence-corrected chi connectivity index (χ2v) is 3.29. The van der Waals surface area contributed by atoms with E-state index in [9.17, 15) is 4.79 Å². The summed E-state index contributed by atoms with van der Waals surface area (Å²) >= 11 is 0. The van der Waals surface area contributed by atoms with Crippen LogP contribution < -0.4 is 5.73 Å². The van der Waals surface area contributed by atoms with Gasteiger partial charge in [0.1, 0.15) is 0 Å². The van der Waals surface area contributed by atoms with Gasteiger partial charge < -0.3 is 5.73 Å². The molecule has 0 atom stereocenters. The van der Waals surface area contributed by atoms with E-state index >= 15 is 0 Å². The molecule has 76 valence electrons. The third-order valence-electron chi connectivity index (χ3n) is 2.13. The largest absolute Gasteiger partial charge is 0.396 e. The summed E-state index contributed by atoms with van der Waals surface area (Å²) in [4.78, 5) is 11.4.